The fourth-order valence-electron chi connectivity index (χ4n) is 2.65. The lowest BCUT2D eigenvalue weighted by atomic mass is 9.96. The van der Waals surface area contributed by atoms with Crippen LogP contribution < -0.4 is 15.4 Å². The molecule has 1 saturated carbocycles. The third kappa shape index (κ3) is 3.62. The minimum absolute atomic E-state index is 0.0561. The van der Waals surface area contributed by atoms with E-state index in [2.05, 4.69) is 10.6 Å². The molecule has 1 fully saturated rings. The summed E-state index contributed by atoms with van der Waals surface area (Å²) in [6.45, 7) is 0.536. The molecule has 2 amide bonds. The number of carbonyl (C=O) groups excluding carboxylic acids is 1. The van der Waals surface area contributed by atoms with Crippen molar-refractivity contribution in [2.24, 2.45) is 0 Å². The fourth-order valence-corrected chi connectivity index (χ4v) is 2.65. The van der Waals surface area contributed by atoms with E-state index in [1.54, 1.807) is 31.4 Å². The van der Waals surface area contributed by atoms with E-state index in [1.807, 2.05) is 12.1 Å². The summed E-state index contributed by atoms with van der Waals surface area (Å²) in [6.07, 6.45) is 2.00. The molecule has 4 nitrogen and oxygen atoms in total. The molecule has 0 saturated heterocycles. The van der Waals surface area contributed by atoms with E-state index in [4.69, 9.17) is 4.74 Å². The first kappa shape index (κ1) is 15.3. The van der Waals surface area contributed by atoms with Crippen LogP contribution in [0, 0.1) is 5.82 Å². The summed E-state index contributed by atoms with van der Waals surface area (Å²) < 4.78 is 18.1. The maximum absolute atomic E-state index is 13.0. The van der Waals surface area contributed by atoms with Crippen LogP contribution in [-0.4, -0.2) is 19.7 Å². The summed E-state index contributed by atoms with van der Waals surface area (Å²) in [6, 6.07) is 13.4. The van der Waals surface area contributed by atoms with Gasteiger partial charge in [-0.05, 0) is 42.7 Å². The fraction of sp³-hybridized carbons (Fsp3) is 0.278. The van der Waals surface area contributed by atoms with Crippen molar-refractivity contribution in [2.45, 2.75) is 18.3 Å². The second kappa shape index (κ2) is 6.28. The van der Waals surface area contributed by atoms with Gasteiger partial charge >= 0.3 is 6.03 Å². The van der Waals surface area contributed by atoms with Gasteiger partial charge in [-0.3, -0.25) is 0 Å². The Hall–Kier alpha value is -2.56. The zero-order valence-corrected chi connectivity index (χ0v) is 12.9. The first-order valence-corrected chi connectivity index (χ1v) is 7.56. The van der Waals surface area contributed by atoms with E-state index in [1.165, 1.54) is 12.1 Å². The van der Waals surface area contributed by atoms with E-state index >= 15 is 0 Å². The van der Waals surface area contributed by atoms with Gasteiger partial charge in [0.2, 0.25) is 0 Å². The van der Waals surface area contributed by atoms with Gasteiger partial charge in [-0.15, -0.1) is 0 Å². The van der Waals surface area contributed by atoms with Crippen LogP contribution in [0.5, 0.6) is 5.75 Å². The van der Waals surface area contributed by atoms with E-state index < -0.39 is 0 Å². The van der Waals surface area contributed by atoms with Gasteiger partial charge in [-0.25, -0.2) is 9.18 Å². The van der Waals surface area contributed by atoms with Gasteiger partial charge < -0.3 is 15.4 Å². The molecule has 0 aromatic heterocycles. The average molecular weight is 314 g/mol. The molecule has 0 heterocycles. The topological polar surface area (TPSA) is 50.4 Å². The highest BCUT2D eigenvalue weighted by atomic mass is 19.1. The number of hydrogen-bond acceptors (Lipinski definition) is 2. The SMILES string of the molecule is COc1cccc(NC(=O)NCC2(c3ccc(F)cc3)CC2)c1. The Morgan fingerprint density at radius 3 is 2.61 bits per heavy atom. The van der Waals surface area contributed by atoms with Crippen molar-refractivity contribution < 1.29 is 13.9 Å². The molecule has 2 N–H and O–H groups in total. The number of methoxy groups -OCH3 is 1. The minimum atomic E-state index is -0.258. The summed E-state index contributed by atoms with van der Waals surface area (Å²) >= 11 is 0. The number of halogens is 1. The van der Waals surface area contributed by atoms with E-state index in [9.17, 15) is 9.18 Å². The van der Waals surface area contributed by atoms with E-state index in [0.717, 1.165) is 18.4 Å². The Kier molecular flexibility index (Phi) is 4.19. The van der Waals surface area contributed by atoms with Crippen LogP contribution in [0.4, 0.5) is 14.9 Å². The molecular formula is C18H19FN2O2. The molecular weight excluding hydrogens is 295 g/mol. The number of rotatable bonds is 5. The van der Waals surface area contributed by atoms with Gasteiger partial charge in [0.1, 0.15) is 11.6 Å². The van der Waals surface area contributed by atoms with E-state index in [0.29, 0.717) is 18.0 Å². The van der Waals surface area contributed by atoms with Crippen LogP contribution >= 0.6 is 0 Å². The normalized spacial score (nSPS) is 14.9. The zero-order valence-electron chi connectivity index (χ0n) is 12.9. The molecule has 0 bridgehead atoms. The van der Waals surface area contributed by atoms with Gasteiger partial charge in [-0.1, -0.05) is 18.2 Å². The molecule has 23 heavy (non-hydrogen) atoms. The van der Waals surface area contributed by atoms with E-state index in [-0.39, 0.29) is 17.3 Å². The summed E-state index contributed by atoms with van der Waals surface area (Å²) in [4.78, 5) is 12.0. The smallest absolute Gasteiger partial charge is 0.319 e. The summed E-state index contributed by atoms with van der Waals surface area (Å²) in [5.41, 5.74) is 1.69. The molecule has 3 rings (SSSR count). The number of carbonyl (C=O) groups is 1. The molecule has 120 valence electrons. The van der Waals surface area contributed by atoms with Crippen molar-refractivity contribution in [1.29, 1.82) is 0 Å². The monoisotopic (exact) mass is 314 g/mol. The molecule has 1 aliphatic rings. The molecule has 0 radical (unpaired) electrons. The summed E-state index contributed by atoms with van der Waals surface area (Å²) in [5.74, 6) is 0.445. The van der Waals surface area contributed by atoms with Crippen LogP contribution in [0.2, 0.25) is 0 Å². The maximum Gasteiger partial charge on any atom is 0.319 e. The van der Waals surface area contributed by atoms with Crippen molar-refractivity contribution in [3.05, 3.63) is 59.9 Å². The number of hydrogen-bond donors (Lipinski definition) is 2. The highest BCUT2D eigenvalue weighted by Crippen LogP contribution is 2.47. The predicted octanol–water partition coefficient (Wildman–Crippen LogP) is 3.69. The number of amides is 2. The number of benzene rings is 2. The molecule has 0 atom stereocenters. The van der Waals surface area contributed by atoms with Gasteiger partial charge in [0.15, 0.2) is 0 Å². The predicted molar refractivity (Wildman–Crippen MR) is 87.3 cm³/mol. The third-order valence-corrected chi connectivity index (χ3v) is 4.23. The maximum atomic E-state index is 13.0. The van der Waals surface area contributed by atoms with Crippen molar-refractivity contribution in [2.75, 3.05) is 19.0 Å². The van der Waals surface area contributed by atoms with Crippen molar-refractivity contribution in [1.82, 2.24) is 5.32 Å². The molecule has 0 spiro atoms. The third-order valence-electron chi connectivity index (χ3n) is 4.23. The molecule has 2 aromatic carbocycles. The summed E-state index contributed by atoms with van der Waals surface area (Å²) in [5, 5.41) is 5.69. The standard InChI is InChI=1S/C18H19FN2O2/c1-23-16-4-2-3-15(11-16)21-17(22)20-12-18(9-10-18)13-5-7-14(19)8-6-13/h2-8,11H,9-10,12H2,1H3,(H2,20,21,22). The highest BCUT2D eigenvalue weighted by Gasteiger charge is 2.44. The lowest BCUT2D eigenvalue weighted by molar-refractivity contribution is 0.251. The molecule has 5 heteroatoms. The van der Waals surface area contributed by atoms with Crippen molar-refractivity contribution in [3.8, 4) is 5.75 Å². The lowest BCUT2D eigenvalue weighted by Crippen LogP contribution is -2.35. The van der Waals surface area contributed by atoms with Crippen LogP contribution in [-0.2, 0) is 5.41 Å². The van der Waals surface area contributed by atoms with Crippen molar-refractivity contribution in [3.63, 3.8) is 0 Å². The Morgan fingerprint density at radius 1 is 1.22 bits per heavy atom. The Labute approximate surface area is 134 Å². The average Bonchev–Trinajstić information content (AvgIpc) is 3.35. The zero-order chi connectivity index (χ0) is 16.3. The molecule has 0 aliphatic heterocycles. The largest absolute Gasteiger partial charge is 0.497 e. The van der Waals surface area contributed by atoms with Crippen LogP contribution in [0.15, 0.2) is 48.5 Å². The van der Waals surface area contributed by atoms with Crippen molar-refractivity contribution >= 4 is 11.7 Å². The van der Waals surface area contributed by atoms with Crippen LogP contribution in [0.25, 0.3) is 0 Å². The molecule has 1 aliphatic carbocycles. The number of ether oxygens (including phenoxy) is 1. The number of urea groups is 1. The quantitative estimate of drug-likeness (QED) is 0.884. The van der Waals surface area contributed by atoms with Gasteiger partial charge in [-0.2, -0.15) is 0 Å². The van der Waals surface area contributed by atoms with Gasteiger partial charge in [0.25, 0.3) is 0 Å². The van der Waals surface area contributed by atoms with Gasteiger partial charge in [0.05, 0.1) is 7.11 Å². The molecule has 0 unspecified atom stereocenters. The van der Waals surface area contributed by atoms with Crippen LogP contribution in [0.1, 0.15) is 18.4 Å². The summed E-state index contributed by atoms with van der Waals surface area (Å²) in [7, 11) is 1.58. The number of nitrogens with one attached hydrogen (secondary N) is 2. The number of anilines is 1. The minimum Gasteiger partial charge on any atom is -0.497 e. The first-order valence-electron chi connectivity index (χ1n) is 7.56. The second-order valence-electron chi connectivity index (χ2n) is 5.83. The highest BCUT2D eigenvalue weighted by molar-refractivity contribution is 5.89. The lowest BCUT2D eigenvalue weighted by Gasteiger charge is -2.17. The van der Waals surface area contributed by atoms with Gasteiger partial charge in [0, 0.05) is 23.7 Å². The Balaban J connectivity index is 1.57. The Morgan fingerprint density at radius 2 is 1.96 bits per heavy atom. The van der Waals surface area contributed by atoms with Crippen LogP contribution in [0.3, 0.4) is 0 Å². The molecule has 2 aromatic rings. The Bertz CT molecular complexity index is 696. The second-order valence-corrected chi connectivity index (χ2v) is 5.83. The first-order chi connectivity index (χ1) is 11.1.